The molecule has 5 nitrogen and oxygen atoms in total. The maximum Gasteiger partial charge on any atom is 0.191 e. The largest absolute Gasteiger partial charge is 0.379 e. The highest BCUT2D eigenvalue weighted by atomic mass is 16.5. The van der Waals surface area contributed by atoms with E-state index in [0.717, 1.165) is 38.8 Å². The van der Waals surface area contributed by atoms with Gasteiger partial charge in [0.25, 0.3) is 0 Å². The maximum atomic E-state index is 5.44. The molecule has 1 heterocycles. The van der Waals surface area contributed by atoms with E-state index in [-0.39, 0.29) is 5.54 Å². The fourth-order valence-corrected chi connectivity index (χ4v) is 2.43. The smallest absolute Gasteiger partial charge is 0.191 e. The van der Waals surface area contributed by atoms with Crippen LogP contribution in [0.15, 0.2) is 4.99 Å². The second kappa shape index (κ2) is 7.84. The summed E-state index contributed by atoms with van der Waals surface area (Å²) < 4.78 is 5.44. The Kier molecular flexibility index (Phi) is 6.76. The predicted molar refractivity (Wildman–Crippen MR) is 85.3 cm³/mol. The molecule has 1 rings (SSSR count). The molecule has 0 bridgehead atoms. The Hall–Kier alpha value is -0.810. The highest BCUT2D eigenvalue weighted by molar-refractivity contribution is 5.80. The van der Waals surface area contributed by atoms with Crippen molar-refractivity contribution in [3.8, 4) is 0 Å². The summed E-state index contributed by atoms with van der Waals surface area (Å²) in [5.74, 6) is 1.48. The van der Waals surface area contributed by atoms with Gasteiger partial charge in [-0.3, -0.25) is 9.89 Å². The van der Waals surface area contributed by atoms with E-state index in [1.54, 1.807) is 0 Å². The Bertz CT molecular complexity index is 303. The molecule has 0 spiro atoms. The van der Waals surface area contributed by atoms with Crippen LogP contribution in [-0.4, -0.2) is 62.3 Å². The Balaban J connectivity index is 2.53. The molecule has 0 aromatic carbocycles. The first-order valence-electron chi connectivity index (χ1n) is 7.64. The maximum absolute atomic E-state index is 5.44. The molecule has 0 aliphatic carbocycles. The van der Waals surface area contributed by atoms with Gasteiger partial charge in [0.05, 0.1) is 13.2 Å². The summed E-state index contributed by atoms with van der Waals surface area (Å²) in [6.45, 7) is 15.6. The van der Waals surface area contributed by atoms with E-state index in [4.69, 9.17) is 4.74 Å². The van der Waals surface area contributed by atoms with Crippen molar-refractivity contribution in [3.05, 3.63) is 0 Å². The van der Waals surface area contributed by atoms with Crippen LogP contribution in [0.5, 0.6) is 0 Å². The summed E-state index contributed by atoms with van der Waals surface area (Å²) in [6.07, 6.45) is 0. The lowest BCUT2D eigenvalue weighted by molar-refractivity contribution is 0.00750. The molecule has 1 fully saturated rings. The van der Waals surface area contributed by atoms with E-state index in [9.17, 15) is 0 Å². The van der Waals surface area contributed by atoms with Crippen LogP contribution in [0.1, 0.15) is 34.6 Å². The molecule has 0 amide bonds. The van der Waals surface area contributed by atoms with Crippen LogP contribution < -0.4 is 10.6 Å². The lowest BCUT2D eigenvalue weighted by Crippen LogP contribution is -2.54. The minimum Gasteiger partial charge on any atom is -0.379 e. The summed E-state index contributed by atoms with van der Waals surface area (Å²) >= 11 is 0. The van der Waals surface area contributed by atoms with Crippen molar-refractivity contribution in [2.45, 2.75) is 46.2 Å². The van der Waals surface area contributed by atoms with Crippen LogP contribution in [0.3, 0.4) is 0 Å². The molecule has 2 N–H and O–H groups in total. The Morgan fingerprint density at radius 1 is 1.25 bits per heavy atom. The van der Waals surface area contributed by atoms with E-state index < -0.39 is 0 Å². The number of morpholine rings is 1. The molecule has 118 valence electrons. The quantitative estimate of drug-likeness (QED) is 0.604. The highest BCUT2D eigenvalue weighted by Gasteiger charge is 2.24. The number of hydrogen-bond donors (Lipinski definition) is 2. The van der Waals surface area contributed by atoms with Crippen LogP contribution in [0.25, 0.3) is 0 Å². The van der Waals surface area contributed by atoms with Gasteiger partial charge in [-0.05, 0) is 26.7 Å². The number of rotatable bonds is 4. The monoisotopic (exact) mass is 284 g/mol. The molecule has 5 heteroatoms. The molecule has 1 atom stereocenters. The lowest BCUT2D eigenvalue weighted by Gasteiger charge is -2.37. The van der Waals surface area contributed by atoms with Crippen molar-refractivity contribution in [1.82, 2.24) is 15.5 Å². The van der Waals surface area contributed by atoms with Crippen molar-refractivity contribution < 1.29 is 4.74 Å². The summed E-state index contributed by atoms with van der Waals surface area (Å²) in [6, 6.07) is 0.511. The van der Waals surface area contributed by atoms with E-state index in [1.807, 2.05) is 7.05 Å². The molecule has 0 saturated carbocycles. The highest BCUT2D eigenvalue weighted by Crippen LogP contribution is 2.12. The van der Waals surface area contributed by atoms with Crippen LogP contribution in [0.2, 0.25) is 0 Å². The fourth-order valence-electron chi connectivity index (χ4n) is 2.43. The standard InChI is InChI=1S/C15H32N4O/c1-12(2)13(19-7-9-20-10-8-19)11-17-14(16-6)18-15(3,4)5/h12-13H,7-11H2,1-6H3,(H2,16,17,18). The zero-order chi connectivity index (χ0) is 15.2. The van der Waals surface area contributed by atoms with Crippen molar-refractivity contribution in [1.29, 1.82) is 0 Å². The van der Waals surface area contributed by atoms with Gasteiger partial charge >= 0.3 is 0 Å². The molecular formula is C15H32N4O. The van der Waals surface area contributed by atoms with Crippen molar-refractivity contribution in [3.63, 3.8) is 0 Å². The van der Waals surface area contributed by atoms with Gasteiger partial charge in [0.1, 0.15) is 0 Å². The third kappa shape index (κ3) is 6.09. The molecule has 20 heavy (non-hydrogen) atoms. The summed E-state index contributed by atoms with van der Waals surface area (Å²) in [5, 5.41) is 6.86. The molecule has 0 aromatic rings. The van der Waals surface area contributed by atoms with Gasteiger partial charge in [0.15, 0.2) is 5.96 Å². The summed E-state index contributed by atoms with van der Waals surface area (Å²) in [5.41, 5.74) is 0.0220. The van der Waals surface area contributed by atoms with Crippen molar-refractivity contribution in [2.24, 2.45) is 10.9 Å². The fraction of sp³-hybridized carbons (Fsp3) is 0.933. The number of nitrogens with zero attached hydrogens (tertiary/aromatic N) is 2. The van der Waals surface area contributed by atoms with Gasteiger partial charge in [-0.25, -0.2) is 0 Å². The second-order valence-electron chi connectivity index (χ2n) is 6.79. The summed E-state index contributed by atoms with van der Waals surface area (Å²) in [4.78, 5) is 6.82. The van der Waals surface area contributed by atoms with Gasteiger partial charge < -0.3 is 15.4 Å². The zero-order valence-corrected chi connectivity index (χ0v) is 14.0. The predicted octanol–water partition coefficient (Wildman–Crippen LogP) is 1.31. The van der Waals surface area contributed by atoms with E-state index >= 15 is 0 Å². The SMILES string of the molecule is CN=C(NCC(C(C)C)N1CCOCC1)NC(C)(C)C. The van der Waals surface area contributed by atoms with Crippen molar-refractivity contribution in [2.75, 3.05) is 39.9 Å². The number of nitrogens with one attached hydrogen (secondary N) is 2. The summed E-state index contributed by atoms with van der Waals surface area (Å²) in [7, 11) is 1.82. The normalized spacial score (nSPS) is 20.1. The number of hydrogen-bond acceptors (Lipinski definition) is 3. The third-order valence-corrected chi connectivity index (χ3v) is 3.48. The molecule has 1 aliphatic heterocycles. The van der Waals surface area contributed by atoms with Crippen LogP contribution in [0.4, 0.5) is 0 Å². The van der Waals surface area contributed by atoms with Gasteiger partial charge in [-0.1, -0.05) is 13.8 Å². The minimum absolute atomic E-state index is 0.0220. The number of guanidine groups is 1. The average Bonchev–Trinajstić information content (AvgIpc) is 2.37. The Morgan fingerprint density at radius 3 is 2.30 bits per heavy atom. The first-order valence-corrected chi connectivity index (χ1v) is 7.64. The molecule has 1 saturated heterocycles. The molecular weight excluding hydrogens is 252 g/mol. The average molecular weight is 284 g/mol. The molecule has 1 aliphatic rings. The minimum atomic E-state index is 0.0220. The Labute approximate surface area is 124 Å². The number of ether oxygens (including phenoxy) is 1. The second-order valence-corrected chi connectivity index (χ2v) is 6.79. The van der Waals surface area contributed by atoms with E-state index in [1.165, 1.54) is 0 Å². The van der Waals surface area contributed by atoms with Crippen LogP contribution in [0, 0.1) is 5.92 Å². The Morgan fingerprint density at radius 2 is 1.85 bits per heavy atom. The molecule has 0 radical (unpaired) electrons. The first-order chi connectivity index (χ1) is 9.33. The number of aliphatic imine (C=N–C) groups is 1. The van der Waals surface area contributed by atoms with Crippen molar-refractivity contribution >= 4 is 5.96 Å². The first kappa shape index (κ1) is 17.2. The topological polar surface area (TPSA) is 48.9 Å². The van der Waals surface area contributed by atoms with Gasteiger partial charge in [0, 0.05) is 38.3 Å². The van der Waals surface area contributed by atoms with Gasteiger partial charge in [0.2, 0.25) is 0 Å². The van der Waals surface area contributed by atoms with E-state index in [2.05, 4.69) is 55.1 Å². The lowest BCUT2D eigenvalue weighted by atomic mass is 10.0. The zero-order valence-electron chi connectivity index (χ0n) is 14.0. The molecule has 1 unspecified atom stereocenters. The van der Waals surface area contributed by atoms with Crippen LogP contribution >= 0.6 is 0 Å². The van der Waals surface area contributed by atoms with Crippen LogP contribution in [-0.2, 0) is 4.74 Å². The van der Waals surface area contributed by atoms with Gasteiger partial charge in [-0.15, -0.1) is 0 Å². The third-order valence-electron chi connectivity index (χ3n) is 3.48. The molecule has 0 aromatic heterocycles. The van der Waals surface area contributed by atoms with E-state index in [0.29, 0.717) is 12.0 Å². The van der Waals surface area contributed by atoms with Gasteiger partial charge in [-0.2, -0.15) is 0 Å².